The molecule has 0 aromatic carbocycles. The van der Waals surface area contributed by atoms with Crippen molar-refractivity contribution in [3.63, 3.8) is 0 Å². The van der Waals surface area contributed by atoms with E-state index in [2.05, 4.69) is 5.32 Å². The van der Waals surface area contributed by atoms with Gasteiger partial charge in [-0.2, -0.15) is 0 Å². The van der Waals surface area contributed by atoms with Gasteiger partial charge in [0.05, 0.1) is 0 Å². The summed E-state index contributed by atoms with van der Waals surface area (Å²) >= 11 is 0. The molecule has 0 saturated carbocycles. The van der Waals surface area contributed by atoms with Crippen LogP contribution in [-0.4, -0.2) is 28.1 Å². The molecule has 1 rings (SSSR count). The predicted octanol–water partition coefficient (Wildman–Crippen LogP) is 2.12. The molecule has 2 N–H and O–H groups in total. The van der Waals surface area contributed by atoms with Gasteiger partial charge in [-0.05, 0) is 37.3 Å². The van der Waals surface area contributed by atoms with Gasteiger partial charge < -0.3 is 15.0 Å². The largest absolute Gasteiger partial charge is 0.481 e. The van der Waals surface area contributed by atoms with Crippen molar-refractivity contribution in [3.05, 3.63) is 34.2 Å². The number of carboxylic acids is 1. The summed E-state index contributed by atoms with van der Waals surface area (Å²) < 4.78 is 1.47. The zero-order valence-corrected chi connectivity index (χ0v) is 14.0. The van der Waals surface area contributed by atoms with Gasteiger partial charge >= 0.3 is 5.97 Å². The number of pyridine rings is 1. The first-order chi connectivity index (χ1) is 10.8. The standard InChI is InChI=1S/C17H26N2O4/c1-12(2)16(19-10-8-13(3)11-14(19)20)17(23)18-9-6-4-5-7-15(21)22/h8,10-12,16H,4-7,9H2,1-3H3,(H,18,23)(H,21,22). The Balaban J connectivity index is 2.59. The van der Waals surface area contributed by atoms with E-state index < -0.39 is 12.0 Å². The Labute approximate surface area is 136 Å². The van der Waals surface area contributed by atoms with Crippen molar-refractivity contribution < 1.29 is 14.7 Å². The number of unbranched alkanes of at least 4 members (excludes halogenated alkanes) is 2. The van der Waals surface area contributed by atoms with Crippen LogP contribution in [0.3, 0.4) is 0 Å². The third kappa shape index (κ3) is 6.26. The summed E-state index contributed by atoms with van der Waals surface area (Å²) in [7, 11) is 0. The first-order valence-corrected chi connectivity index (χ1v) is 8.01. The second-order valence-electron chi connectivity index (χ2n) is 6.13. The van der Waals surface area contributed by atoms with E-state index in [1.807, 2.05) is 26.8 Å². The molecule has 6 heteroatoms. The minimum Gasteiger partial charge on any atom is -0.481 e. The van der Waals surface area contributed by atoms with Gasteiger partial charge in [0.25, 0.3) is 5.56 Å². The van der Waals surface area contributed by atoms with E-state index in [-0.39, 0.29) is 23.8 Å². The van der Waals surface area contributed by atoms with Gasteiger partial charge in [0.15, 0.2) is 0 Å². The lowest BCUT2D eigenvalue weighted by molar-refractivity contribution is -0.137. The molecule has 0 aliphatic rings. The summed E-state index contributed by atoms with van der Waals surface area (Å²) in [5.74, 6) is -0.987. The number of hydrogen-bond acceptors (Lipinski definition) is 3. The third-order valence-corrected chi connectivity index (χ3v) is 3.67. The Morgan fingerprint density at radius 2 is 1.96 bits per heavy atom. The maximum Gasteiger partial charge on any atom is 0.303 e. The molecule has 1 aromatic rings. The summed E-state index contributed by atoms with van der Waals surface area (Å²) in [5.41, 5.74) is 0.688. The van der Waals surface area contributed by atoms with Gasteiger partial charge in [0.1, 0.15) is 6.04 Å². The van der Waals surface area contributed by atoms with Crippen LogP contribution in [0.4, 0.5) is 0 Å². The summed E-state index contributed by atoms with van der Waals surface area (Å²) in [6.45, 7) is 6.14. The van der Waals surface area contributed by atoms with Crippen molar-refractivity contribution in [2.24, 2.45) is 5.92 Å². The number of aryl methyl sites for hydroxylation is 1. The summed E-state index contributed by atoms with van der Waals surface area (Å²) in [5, 5.41) is 11.4. The molecule has 0 saturated heterocycles. The Morgan fingerprint density at radius 3 is 2.52 bits per heavy atom. The average molecular weight is 322 g/mol. The first-order valence-electron chi connectivity index (χ1n) is 8.01. The molecule has 0 fully saturated rings. The number of aliphatic carboxylic acids is 1. The van der Waals surface area contributed by atoms with Gasteiger partial charge in [-0.1, -0.05) is 20.3 Å². The van der Waals surface area contributed by atoms with Crippen LogP contribution in [0.2, 0.25) is 0 Å². The van der Waals surface area contributed by atoms with Gasteiger partial charge in [0, 0.05) is 25.2 Å². The van der Waals surface area contributed by atoms with E-state index in [1.54, 1.807) is 6.20 Å². The first kappa shape index (κ1) is 18.9. The highest BCUT2D eigenvalue weighted by atomic mass is 16.4. The van der Waals surface area contributed by atoms with Crippen LogP contribution < -0.4 is 10.9 Å². The van der Waals surface area contributed by atoms with Crippen molar-refractivity contribution in [3.8, 4) is 0 Å². The molecule has 1 heterocycles. The third-order valence-electron chi connectivity index (χ3n) is 3.67. The maximum atomic E-state index is 12.4. The molecule has 6 nitrogen and oxygen atoms in total. The molecular formula is C17H26N2O4. The fourth-order valence-electron chi connectivity index (χ4n) is 2.46. The van der Waals surface area contributed by atoms with Crippen LogP contribution in [0.15, 0.2) is 23.1 Å². The number of aromatic nitrogens is 1. The van der Waals surface area contributed by atoms with Crippen LogP contribution in [0.5, 0.6) is 0 Å². The number of carbonyl (C=O) groups is 2. The summed E-state index contributed by atoms with van der Waals surface area (Å²) in [4.78, 5) is 34.9. The normalized spacial score (nSPS) is 12.2. The van der Waals surface area contributed by atoms with E-state index in [1.165, 1.54) is 10.6 Å². The van der Waals surface area contributed by atoms with Crippen LogP contribution in [0, 0.1) is 12.8 Å². The minimum absolute atomic E-state index is 0.0117. The lowest BCUT2D eigenvalue weighted by atomic mass is 10.0. The van der Waals surface area contributed by atoms with Gasteiger partial charge in [-0.15, -0.1) is 0 Å². The van der Waals surface area contributed by atoms with Crippen LogP contribution in [0.1, 0.15) is 51.1 Å². The summed E-state index contributed by atoms with van der Waals surface area (Å²) in [6, 6.07) is 2.80. The van der Waals surface area contributed by atoms with E-state index in [0.717, 1.165) is 18.4 Å². The Morgan fingerprint density at radius 1 is 1.26 bits per heavy atom. The van der Waals surface area contributed by atoms with E-state index in [0.29, 0.717) is 13.0 Å². The quantitative estimate of drug-likeness (QED) is 0.682. The average Bonchev–Trinajstić information content (AvgIpc) is 2.44. The molecule has 128 valence electrons. The highest BCUT2D eigenvalue weighted by Crippen LogP contribution is 2.16. The summed E-state index contributed by atoms with van der Waals surface area (Å²) in [6.07, 6.45) is 3.91. The molecule has 1 amide bonds. The fourth-order valence-corrected chi connectivity index (χ4v) is 2.46. The van der Waals surface area contributed by atoms with E-state index >= 15 is 0 Å². The predicted molar refractivity (Wildman–Crippen MR) is 88.4 cm³/mol. The fraction of sp³-hybridized carbons (Fsp3) is 0.588. The number of hydrogen-bond donors (Lipinski definition) is 2. The molecule has 1 atom stereocenters. The molecule has 1 unspecified atom stereocenters. The van der Waals surface area contributed by atoms with Crippen molar-refractivity contribution in [2.75, 3.05) is 6.54 Å². The molecule has 0 aliphatic carbocycles. The molecule has 0 radical (unpaired) electrons. The van der Waals surface area contributed by atoms with E-state index in [9.17, 15) is 14.4 Å². The van der Waals surface area contributed by atoms with Crippen molar-refractivity contribution >= 4 is 11.9 Å². The molecule has 0 aliphatic heterocycles. The van der Waals surface area contributed by atoms with Crippen molar-refractivity contribution in [1.82, 2.24) is 9.88 Å². The van der Waals surface area contributed by atoms with Crippen LogP contribution in [0.25, 0.3) is 0 Å². The minimum atomic E-state index is -0.798. The zero-order chi connectivity index (χ0) is 17.4. The molecule has 23 heavy (non-hydrogen) atoms. The van der Waals surface area contributed by atoms with Crippen LogP contribution in [-0.2, 0) is 9.59 Å². The lowest BCUT2D eigenvalue weighted by Gasteiger charge is -2.22. The molecule has 0 spiro atoms. The van der Waals surface area contributed by atoms with Gasteiger partial charge in [0.2, 0.25) is 5.91 Å². The highest BCUT2D eigenvalue weighted by molar-refractivity contribution is 5.80. The van der Waals surface area contributed by atoms with Gasteiger partial charge in [-0.3, -0.25) is 14.4 Å². The van der Waals surface area contributed by atoms with Crippen LogP contribution >= 0.6 is 0 Å². The molecular weight excluding hydrogens is 296 g/mol. The molecule has 1 aromatic heterocycles. The maximum absolute atomic E-state index is 12.4. The Bertz CT molecular complexity index is 593. The topological polar surface area (TPSA) is 88.4 Å². The SMILES string of the molecule is Cc1ccn(C(C(=O)NCCCCCC(=O)O)C(C)C)c(=O)c1. The van der Waals surface area contributed by atoms with E-state index in [4.69, 9.17) is 5.11 Å². The van der Waals surface area contributed by atoms with Crippen molar-refractivity contribution in [1.29, 1.82) is 0 Å². The Kier molecular flexibility index (Phi) is 7.51. The number of amides is 1. The number of carbonyl (C=O) groups excluding carboxylic acids is 1. The second-order valence-corrected chi connectivity index (χ2v) is 6.13. The monoisotopic (exact) mass is 322 g/mol. The number of carboxylic acid groups (broad SMARTS) is 1. The number of nitrogens with one attached hydrogen (secondary N) is 1. The van der Waals surface area contributed by atoms with Crippen molar-refractivity contribution in [2.45, 2.75) is 52.5 Å². The second kappa shape index (κ2) is 9.12. The lowest BCUT2D eigenvalue weighted by Crippen LogP contribution is -2.40. The Hall–Kier alpha value is -2.11. The zero-order valence-electron chi connectivity index (χ0n) is 14.0. The highest BCUT2D eigenvalue weighted by Gasteiger charge is 2.24. The number of nitrogens with zero attached hydrogens (tertiary/aromatic N) is 1. The van der Waals surface area contributed by atoms with Gasteiger partial charge in [-0.25, -0.2) is 0 Å². The smallest absolute Gasteiger partial charge is 0.303 e. The number of rotatable bonds is 9. The molecule has 0 bridgehead atoms.